The Balaban J connectivity index is -0.0000000192. The van der Waals surface area contributed by atoms with Crippen LogP contribution in [-0.4, -0.2) is 0 Å². The Morgan fingerprint density at radius 1 is 0.579 bits per heavy atom. The monoisotopic (exact) mass is 647 g/mol. The van der Waals surface area contributed by atoms with Gasteiger partial charge in [0.2, 0.25) is 0 Å². The summed E-state index contributed by atoms with van der Waals surface area (Å²) in [6, 6.07) is 0. The van der Waals surface area contributed by atoms with Crippen LogP contribution < -0.4 is 22.0 Å². The molecule has 0 aromatic rings. The minimum atomic E-state index is -4.20. The Kier molecular flexibility index (Phi) is 84.6. The van der Waals surface area contributed by atoms with E-state index in [4.69, 9.17) is 41.6 Å². The molecule has 0 aromatic heterocycles. The molecule has 0 atom stereocenters. The fraction of sp³-hybridized carbons (Fsp3) is 0. The summed E-state index contributed by atoms with van der Waals surface area (Å²) in [7, 11) is 0. The first kappa shape index (κ1) is 43.1. The summed E-state index contributed by atoms with van der Waals surface area (Å²) in [5, 5.41) is 0. The van der Waals surface area contributed by atoms with Gasteiger partial charge in [0.15, 0.2) is 0 Å². The molecule has 19 heteroatoms. The second kappa shape index (κ2) is 37.3. The van der Waals surface area contributed by atoms with Gasteiger partial charge in [0.1, 0.15) is 0 Å². The van der Waals surface area contributed by atoms with Crippen molar-refractivity contribution in [3.8, 4) is 0 Å². The summed E-state index contributed by atoms with van der Waals surface area (Å²) >= 11 is -16.6. The Morgan fingerprint density at radius 2 is 0.579 bits per heavy atom. The minimum absolute atomic E-state index is 0. The van der Waals surface area contributed by atoms with E-state index in [1.165, 1.54) is 0 Å². The first-order valence-electron chi connectivity index (χ1n) is 2.32. The fourth-order valence-electron chi connectivity index (χ4n) is 0. The van der Waals surface area contributed by atoms with Crippen LogP contribution in [-0.2, 0) is 144 Å². The van der Waals surface area contributed by atoms with Crippen LogP contribution in [0, 0.1) is 0 Å². The molecule has 0 aromatic carbocycles. The first-order valence-corrected chi connectivity index (χ1v) is 11.5. The summed E-state index contributed by atoms with van der Waals surface area (Å²) in [6.45, 7) is 0. The molecule has 0 aliphatic rings. The Morgan fingerprint density at radius 3 is 0.579 bits per heavy atom. The van der Waals surface area contributed by atoms with Crippen LogP contribution in [0.2, 0.25) is 0 Å². The molecular weight excluding hydrogens is 650 g/mol. The van der Waals surface area contributed by atoms with Crippen LogP contribution in [0.1, 0.15) is 0 Å². The van der Waals surface area contributed by atoms with Crippen molar-refractivity contribution in [3.63, 3.8) is 0 Å². The van der Waals surface area contributed by atoms with E-state index in [0.29, 0.717) is 0 Å². The molecule has 0 N–H and O–H groups in total. The van der Waals surface area contributed by atoms with Gasteiger partial charge in [0, 0.05) is 0 Å². The summed E-state index contributed by atoms with van der Waals surface area (Å²) in [6.07, 6.45) is 0. The van der Waals surface area contributed by atoms with Crippen molar-refractivity contribution in [3.05, 3.63) is 0 Å². The third-order valence-electron chi connectivity index (χ3n) is 0. The molecule has 19 heavy (non-hydrogen) atoms. The van der Waals surface area contributed by atoms with Gasteiger partial charge in [-0.15, -0.1) is 0 Å². The molecule has 0 saturated heterocycles. The maximum absolute atomic E-state index is 8.60. The van der Waals surface area contributed by atoms with E-state index in [1.807, 2.05) is 0 Å². The number of rotatable bonds is 0. The third kappa shape index (κ3) is 865. The van der Waals surface area contributed by atoms with Gasteiger partial charge in [-0.05, 0) is 0 Å². The second-order valence-electron chi connectivity index (χ2n) is 0.947. The van der Waals surface area contributed by atoms with E-state index in [-0.39, 0.29) is 49.5 Å². The van der Waals surface area contributed by atoms with E-state index in [0.717, 1.165) is 0 Å². The van der Waals surface area contributed by atoms with E-state index >= 15 is 0 Å². The van der Waals surface area contributed by atoms with Crippen molar-refractivity contribution < 1.29 is 166 Å². The fourth-order valence-corrected chi connectivity index (χ4v) is 0. The van der Waals surface area contributed by atoms with Crippen molar-refractivity contribution in [1.29, 1.82) is 0 Å². The third-order valence-corrected chi connectivity index (χ3v) is 0. The zero-order chi connectivity index (χ0) is 14.3. The number of hydrogen-bond donors (Lipinski definition) is 0. The zero-order valence-electron chi connectivity index (χ0n) is 7.74. The molecular formula is Nb2Ni3O12Ti2. The van der Waals surface area contributed by atoms with Gasteiger partial charge in [-0.3, -0.25) is 0 Å². The van der Waals surface area contributed by atoms with Crippen molar-refractivity contribution in [1.82, 2.24) is 0 Å². The molecule has 0 heterocycles. The van der Waals surface area contributed by atoms with E-state index in [2.05, 4.69) is 0 Å². The molecule has 120 valence electrons. The quantitative estimate of drug-likeness (QED) is 0.222. The van der Waals surface area contributed by atoms with Crippen LogP contribution in [0.15, 0.2) is 0 Å². The molecule has 0 rings (SSSR count). The second-order valence-corrected chi connectivity index (χ2v) is 4.71. The Labute approximate surface area is 163 Å². The molecule has 12 nitrogen and oxygen atoms in total. The van der Waals surface area contributed by atoms with Gasteiger partial charge in [-0.2, -0.15) is 0 Å². The Hall–Kier alpha value is 2.95. The molecule has 0 bridgehead atoms. The Bertz CT molecular complexity index is 265. The van der Waals surface area contributed by atoms with Crippen LogP contribution in [0.3, 0.4) is 0 Å². The maximum atomic E-state index is 8.60. The van der Waals surface area contributed by atoms with E-state index in [1.54, 1.807) is 0 Å². The average Bonchev–Trinajstić information content (AvgIpc) is 1.76. The predicted octanol–water partition coefficient (Wildman–Crippen LogP) is -7.86. The molecule has 0 saturated carbocycles. The zero-order valence-corrected chi connectivity index (χ0v) is 18.2. The van der Waals surface area contributed by atoms with Crippen molar-refractivity contribution in [2.45, 2.75) is 0 Å². The van der Waals surface area contributed by atoms with Crippen LogP contribution in [0.25, 0.3) is 0 Å². The topological polar surface area (TPSA) is 241 Å². The normalized spacial score (nSPS) is 5.37. The summed E-state index contributed by atoms with van der Waals surface area (Å²) in [4.78, 5) is 0. The average molecular weight is 650 g/mol. The van der Waals surface area contributed by atoms with Gasteiger partial charge in [-0.25, -0.2) is 0 Å². The predicted molar refractivity (Wildman–Crippen MR) is 4.12 cm³/mol. The van der Waals surface area contributed by atoms with Crippen LogP contribution >= 0.6 is 0 Å². The van der Waals surface area contributed by atoms with Gasteiger partial charge in [-0.1, -0.05) is 0 Å². The van der Waals surface area contributed by atoms with Gasteiger partial charge in [0.05, 0.1) is 0 Å². The molecule has 0 amide bonds. The SMILES string of the molecule is [Ni+2].[Ni+2].[Ni+2].[O]=[Nb](=[O])[O-].[O]=[Nb](=[O])[O-].[O]=[Ti]([O-])[O-].[O]=[Ti]([O-])[O-]. The van der Waals surface area contributed by atoms with E-state index < -0.39 is 74.8 Å². The first-order chi connectivity index (χ1) is 6.93. The molecule has 0 aliphatic heterocycles. The molecule has 0 aliphatic carbocycles. The molecule has 0 spiro atoms. The van der Waals surface area contributed by atoms with E-state index in [9.17, 15) is 0 Å². The number of hydrogen-bond acceptors (Lipinski definition) is 12. The van der Waals surface area contributed by atoms with Crippen LogP contribution in [0.5, 0.6) is 0 Å². The van der Waals surface area contributed by atoms with Crippen molar-refractivity contribution in [2.24, 2.45) is 0 Å². The van der Waals surface area contributed by atoms with Gasteiger partial charge in [0.25, 0.3) is 0 Å². The van der Waals surface area contributed by atoms with Crippen molar-refractivity contribution >= 4 is 0 Å². The summed E-state index contributed by atoms with van der Waals surface area (Å²) in [5.41, 5.74) is 0. The molecule has 0 fully saturated rings. The molecule has 0 radical (unpaired) electrons. The van der Waals surface area contributed by atoms with Gasteiger partial charge < -0.3 is 0 Å². The summed E-state index contributed by atoms with van der Waals surface area (Å²) in [5.74, 6) is 0. The standard InChI is InChI=1S/2Nb.3Ni.12O.2Ti/q;;3*+2;;;;;;;6*-1;;. The van der Waals surface area contributed by atoms with Gasteiger partial charge >= 0.3 is 166 Å². The van der Waals surface area contributed by atoms with Crippen LogP contribution in [0.4, 0.5) is 0 Å². The molecule has 0 unspecified atom stereocenters. The van der Waals surface area contributed by atoms with Crippen molar-refractivity contribution in [2.75, 3.05) is 0 Å². The summed E-state index contributed by atoms with van der Waals surface area (Å²) < 4.78 is 103.